The van der Waals surface area contributed by atoms with Crippen LogP contribution in [0.25, 0.3) is 0 Å². The molecule has 1 rings (SSSR count). The number of carbonyl (C=O) groups is 1. The minimum Gasteiger partial charge on any atom is -0.444 e. The molecule has 1 amide bonds. The summed E-state index contributed by atoms with van der Waals surface area (Å²) in [6.07, 6.45) is 8.21. The minimum atomic E-state index is -0.439. The molecule has 4 nitrogen and oxygen atoms in total. The standard InChI is InChI=1S/C14H24N2O2/c1-5-9-15-12-8-6-7-10-16(11-12)13(17)18-14(2,3)4/h1,12,15H,6-11H2,2-4H3. The number of ether oxygens (including phenoxy) is 1. The SMILES string of the molecule is C#CCNC1CCCCN(C(=O)OC(C)(C)C)C1. The Morgan fingerprint density at radius 1 is 1.50 bits per heavy atom. The van der Waals surface area contributed by atoms with E-state index in [1.54, 1.807) is 4.90 Å². The van der Waals surface area contributed by atoms with Crippen molar-refractivity contribution >= 4 is 6.09 Å². The molecular formula is C14H24N2O2. The van der Waals surface area contributed by atoms with Gasteiger partial charge in [-0.2, -0.15) is 0 Å². The Labute approximate surface area is 110 Å². The normalized spacial score (nSPS) is 21.0. The Morgan fingerprint density at radius 3 is 2.83 bits per heavy atom. The van der Waals surface area contributed by atoms with E-state index in [9.17, 15) is 4.79 Å². The summed E-state index contributed by atoms with van der Waals surface area (Å²) in [6.45, 7) is 7.65. The molecule has 0 aromatic rings. The summed E-state index contributed by atoms with van der Waals surface area (Å²) in [5.41, 5.74) is -0.439. The van der Waals surface area contributed by atoms with Crippen molar-refractivity contribution in [3.8, 4) is 12.3 Å². The van der Waals surface area contributed by atoms with Crippen molar-refractivity contribution in [3.05, 3.63) is 0 Å². The van der Waals surface area contributed by atoms with Crippen LogP contribution in [0.3, 0.4) is 0 Å². The van der Waals surface area contributed by atoms with Gasteiger partial charge in [-0.05, 0) is 33.6 Å². The lowest BCUT2D eigenvalue weighted by Gasteiger charge is -2.28. The minimum absolute atomic E-state index is 0.225. The maximum Gasteiger partial charge on any atom is 0.410 e. The highest BCUT2D eigenvalue weighted by Gasteiger charge is 2.25. The van der Waals surface area contributed by atoms with Crippen LogP contribution in [0.4, 0.5) is 4.79 Å². The molecule has 0 bridgehead atoms. The lowest BCUT2D eigenvalue weighted by atomic mass is 10.1. The molecule has 1 fully saturated rings. The fraction of sp³-hybridized carbons (Fsp3) is 0.786. The summed E-state index contributed by atoms with van der Waals surface area (Å²) in [4.78, 5) is 13.8. The van der Waals surface area contributed by atoms with Gasteiger partial charge in [0.25, 0.3) is 0 Å². The van der Waals surface area contributed by atoms with Crippen LogP contribution in [-0.4, -0.2) is 42.3 Å². The van der Waals surface area contributed by atoms with Crippen LogP contribution in [0.5, 0.6) is 0 Å². The van der Waals surface area contributed by atoms with Crippen LogP contribution < -0.4 is 5.32 Å². The van der Waals surface area contributed by atoms with Crippen LogP contribution in [0.1, 0.15) is 40.0 Å². The summed E-state index contributed by atoms with van der Waals surface area (Å²) in [5, 5.41) is 3.27. The molecule has 1 saturated heterocycles. The fourth-order valence-corrected chi connectivity index (χ4v) is 2.00. The molecule has 1 aliphatic rings. The van der Waals surface area contributed by atoms with Crippen LogP contribution in [-0.2, 0) is 4.74 Å². The van der Waals surface area contributed by atoms with E-state index >= 15 is 0 Å². The van der Waals surface area contributed by atoms with Gasteiger partial charge in [0.1, 0.15) is 5.60 Å². The maximum atomic E-state index is 12.0. The number of rotatable bonds is 2. The molecule has 1 unspecified atom stereocenters. The van der Waals surface area contributed by atoms with E-state index < -0.39 is 5.60 Å². The number of terminal acetylenes is 1. The third-order valence-corrected chi connectivity index (χ3v) is 2.82. The molecule has 1 heterocycles. The Kier molecular flexibility index (Phi) is 5.49. The molecule has 1 aliphatic heterocycles. The monoisotopic (exact) mass is 252 g/mol. The van der Waals surface area contributed by atoms with Crippen molar-refractivity contribution in [3.63, 3.8) is 0 Å². The molecule has 0 radical (unpaired) electrons. The molecule has 102 valence electrons. The maximum absolute atomic E-state index is 12.0. The predicted molar refractivity (Wildman–Crippen MR) is 72.3 cm³/mol. The number of amides is 1. The average molecular weight is 252 g/mol. The summed E-state index contributed by atoms with van der Waals surface area (Å²) in [6, 6.07) is 0.274. The second-order valence-electron chi connectivity index (χ2n) is 5.70. The largest absolute Gasteiger partial charge is 0.444 e. The lowest BCUT2D eigenvalue weighted by molar-refractivity contribution is 0.0244. The highest BCUT2D eigenvalue weighted by Crippen LogP contribution is 2.15. The molecule has 4 heteroatoms. The number of likely N-dealkylation sites (tertiary alicyclic amines) is 1. The smallest absolute Gasteiger partial charge is 0.410 e. The van der Waals surface area contributed by atoms with Gasteiger partial charge in [-0.25, -0.2) is 4.79 Å². The van der Waals surface area contributed by atoms with Gasteiger partial charge in [0, 0.05) is 19.1 Å². The van der Waals surface area contributed by atoms with Gasteiger partial charge in [-0.1, -0.05) is 12.3 Å². The van der Waals surface area contributed by atoms with Gasteiger partial charge < -0.3 is 15.0 Å². The molecule has 18 heavy (non-hydrogen) atoms. The second kappa shape index (κ2) is 6.65. The molecule has 1 N–H and O–H groups in total. The van der Waals surface area contributed by atoms with Crippen LogP contribution in [0, 0.1) is 12.3 Å². The number of hydrogen-bond donors (Lipinski definition) is 1. The fourth-order valence-electron chi connectivity index (χ4n) is 2.00. The molecule has 0 aliphatic carbocycles. The average Bonchev–Trinajstić information content (AvgIpc) is 2.49. The number of hydrogen-bond acceptors (Lipinski definition) is 3. The zero-order chi connectivity index (χ0) is 13.6. The van der Waals surface area contributed by atoms with Gasteiger partial charge in [0.2, 0.25) is 0 Å². The molecular weight excluding hydrogens is 228 g/mol. The van der Waals surface area contributed by atoms with Crippen LogP contribution in [0.15, 0.2) is 0 Å². The van der Waals surface area contributed by atoms with E-state index in [1.165, 1.54) is 0 Å². The first-order valence-corrected chi connectivity index (χ1v) is 6.57. The zero-order valence-corrected chi connectivity index (χ0v) is 11.7. The van der Waals surface area contributed by atoms with Crippen LogP contribution >= 0.6 is 0 Å². The zero-order valence-electron chi connectivity index (χ0n) is 11.7. The summed E-state index contributed by atoms with van der Waals surface area (Å²) >= 11 is 0. The first kappa shape index (κ1) is 14.8. The first-order valence-electron chi connectivity index (χ1n) is 6.57. The number of nitrogens with one attached hydrogen (secondary N) is 1. The predicted octanol–water partition coefficient (Wildman–Crippen LogP) is 2.00. The Balaban J connectivity index is 2.53. The topological polar surface area (TPSA) is 41.6 Å². The van der Waals surface area contributed by atoms with Crippen molar-refractivity contribution < 1.29 is 9.53 Å². The van der Waals surface area contributed by atoms with Crippen LogP contribution in [0.2, 0.25) is 0 Å². The van der Waals surface area contributed by atoms with E-state index in [-0.39, 0.29) is 12.1 Å². The first-order chi connectivity index (χ1) is 8.42. The Bertz CT molecular complexity index is 315. The molecule has 0 aromatic carbocycles. The Hall–Kier alpha value is -1.21. The molecule has 0 spiro atoms. The summed E-state index contributed by atoms with van der Waals surface area (Å²) in [5.74, 6) is 2.57. The van der Waals surface area contributed by atoms with Crippen molar-refractivity contribution in [2.75, 3.05) is 19.6 Å². The van der Waals surface area contributed by atoms with E-state index in [1.807, 2.05) is 20.8 Å². The van der Waals surface area contributed by atoms with Gasteiger partial charge in [0.15, 0.2) is 0 Å². The lowest BCUT2D eigenvalue weighted by Crippen LogP contribution is -2.44. The number of carbonyl (C=O) groups excluding carboxylic acids is 1. The third-order valence-electron chi connectivity index (χ3n) is 2.82. The summed E-state index contributed by atoms with van der Waals surface area (Å²) in [7, 11) is 0. The van der Waals surface area contributed by atoms with Crippen molar-refractivity contribution in [2.45, 2.75) is 51.7 Å². The highest BCUT2D eigenvalue weighted by atomic mass is 16.6. The second-order valence-corrected chi connectivity index (χ2v) is 5.70. The van der Waals surface area contributed by atoms with E-state index in [2.05, 4.69) is 11.2 Å². The molecule has 0 saturated carbocycles. The highest BCUT2D eigenvalue weighted by molar-refractivity contribution is 5.68. The van der Waals surface area contributed by atoms with E-state index in [0.717, 1.165) is 25.8 Å². The van der Waals surface area contributed by atoms with Gasteiger partial charge in [-0.15, -0.1) is 6.42 Å². The van der Waals surface area contributed by atoms with Gasteiger partial charge in [-0.3, -0.25) is 0 Å². The summed E-state index contributed by atoms with van der Waals surface area (Å²) < 4.78 is 5.40. The van der Waals surface area contributed by atoms with Gasteiger partial charge in [0.05, 0.1) is 6.54 Å². The van der Waals surface area contributed by atoms with Crippen molar-refractivity contribution in [1.29, 1.82) is 0 Å². The van der Waals surface area contributed by atoms with Gasteiger partial charge >= 0.3 is 6.09 Å². The van der Waals surface area contributed by atoms with Crippen molar-refractivity contribution in [1.82, 2.24) is 10.2 Å². The molecule has 0 aromatic heterocycles. The molecule has 1 atom stereocenters. The van der Waals surface area contributed by atoms with Crippen molar-refractivity contribution in [2.24, 2.45) is 0 Å². The Morgan fingerprint density at radius 2 is 2.22 bits per heavy atom. The van der Waals surface area contributed by atoms with E-state index in [0.29, 0.717) is 13.1 Å². The van der Waals surface area contributed by atoms with E-state index in [4.69, 9.17) is 11.2 Å². The quantitative estimate of drug-likeness (QED) is 0.764. The third kappa shape index (κ3) is 5.42. The number of nitrogens with zero attached hydrogens (tertiary/aromatic N) is 1.